The predicted octanol–water partition coefficient (Wildman–Crippen LogP) is 3.00. The van der Waals surface area contributed by atoms with Crippen molar-refractivity contribution in [3.63, 3.8) is 0 Å². The van der Waals surface area contributed by atoms with Crippen LogP contribution >= 0.6 is 22.9 Å². The Hall–Kier alpha value is -1.55. The van der Waals surface area contributed by atoms with E-state index in [1.807, 2.05) is 12.3 Å². The predicted molar refractivity (Wildman–Crippen MR) is 106 cm³/mol. The number of halogens is 2. The molecule has 2 aromatic rings. The molecule has 0 aliphatic carbocycles. The summed E-state index contributed by atoms with van der Waals surface area (Å²) in [6, 6.07) is 3.36. The minimum Gasteiger partial charge on any atom is -0.355 e. The van der Waals surface area contributed by atoms with Crippen molar-refractivity contribution in [3.8, 4) is 0 Å². The van der Waals surface area contributed by atoms with Gasteiger partial charge in [-0.15, -0.1) is 11.3 Å². The molecule has 1 N–H and O–H groups in total. The highest BCUT2D eigenvalue weighted by Gasteiger charge is 2.32. The number of aryl methyl sites for hydroxylation is 1. The maximum atomic E-state index is 13.3. The summed E-state index contributed by atoms with van der Waals surface area (Å²) in [6.45, 7) is 2.92. The molecular weight excluding hydrogens is 425 g/mol. The highest BCUT2D eigenvalue weighted by molar-refractivity contribution is 7.89. The van der Waals surface area contributed by atoms with Crippen LogP contribution in [-0.4, -0.2) is 43.2 Å². The van der Waals surface area contributed by atoms with E-state index >= 15 is 0 Å². The number of benzene rings is 1. The first-order chi connectivity index (χ1) is 13.3. The van der Waals surface area contributed by atoms with Gasteiger partial charge in [-0.3, -0.25) is 4.79 Å². The Kier molecular flexibility index (Phi) is 6.69. The first-order valence-corrected chi connectivity index (χ1v) is 11.6. The first kappa shape index (κ1) is 21.2. The van der Waals surface area contributed by atoms with Crippen molar-refractivity contribution in [1.29, 1.82) is 0 Å². The summed E-state index contributed by atoms with van der Waals surface area (Å²) in [5, 5.41) is 5.65. The van der Waals surface area contributed by atoms with Gasteiger partial charge < -0.3 is 5.32 Å². The highest BCUT2D eigenvalue weighted by atomic mass is 35.5. The van der Waals surface area contributed by atoms with Gasteiger partial charge in [0.05, 0.1) is 20.6 Å². The second-order valence-electron chi connectivity index (χ2n) is 6.65. The lowest BCUT2D eigenvalue weighted by atomic mass is 9.97. The van der Waals surface area contributed by atoms with Gasteiger partial charge in [0.25, 0.3) is 0 Å². The number of piperidine rings is 1. The Morgan fingerprint density at radius 1 is 1.39 bits per heavy atom. The van der Waals surface area contributed by atoms with Gasteiger partial charge >= 0.3 is 0 Å². The number of nitrogens with zero attached hydrogens (tertiary/aromatic N) is 2. The van der Waals surface area contributed by atoms with Crippen molar-refractivity contribution < 1.29 is 17.6 Å². The summed E-state index contributed by atoms with van der Waals surface area (Å²) < 4.78 is 40.0. The van der Waals surface area contributed by atoms with Crippen LogP contribution in [0.3, 0.4) is 0 Å². The molecule has 10 heteroatoms. The Bertz CT molecular complexity index is 957. The van der Waals surface area contributed by atoms with Crippen LogP contribution in [0.4, 0.5) is 4.39 Å². The normalized spacial score (nSPS) is 16.2. The van der Waals surface area contributed by atoms with Crippen molar-refractivity contribution in [2.45, 2.75) is 31.1 Å². The molecule has 152 valence electrons. The van der Waals surface area contributed by atoms with Crippen molar-refractivity contribution in [3.05, 3.63) is 45.1 Å². The zero-order valence-corrected chi connectivity index (χ0v) is 17.7. The van der Waals surface area contributed by atoms with E-state index in [1.165, 1.54) is 10.4 Å². The fraction of sp³-hybridized carbons (Fsp3) is 0.444. The van der Waals surface area contributed by atoms with Crippen LogP contribution < -0.4 is 5.32 Å². The summed E-state index contributed by atoms with van der Waals surface area (Å²) in [6.07, 6.45) is 1.56. The van der Waals surface area contributed by atoms with Crippen molar-refractivity contribution >= 4 is 38.9 Å². The second-order valence-corrected chi connectivity index (χ2v) is 10.1. The molecule has 28 heavy (non-hydrogen) atoms. The van der Waals surface area contributed by atoms with E-state index in [4.69, 9.17) is 11.6 Å². The molecule has 0 atom stereocenters. The smallest absolute Gasteiger partial charge is 0.243 e. The number of aromatic nitrogens is 1. The van der Waals surface area contributed by atoms with Crippen LogP contribution in [0.1, 0.15) is 23.5 Å². The fourth-order valence-electron chi connectivity index (χ4n) is 3.13. The van der Waals surface area contributed by atoms with Gasteiger partial charge in [0, 0.05) is 37.4 Å². The van der Waals surface area contributed by atoms with Gasteiger partial charge in [-0.05, 0) is 38.0 Å². The van der Waals surface area contributed by atoms with Crippen LogP contribution in [0.25, 0.3) is 0 Å². The molecule has 1 amide bonds. The SMILES string of the molecule is Cc1nc(CCNC(=O)C2CCN(S(=O)(=O)c3ccc(F)c(Cl)c3)CC2)cs1. The van der Waals surface area contributed by atoms with Gasteiger partial charge in [-0.2, -0.15) is 4.31 Å². The molecular formula is C18H21ClFN3O3S2. The van der Waals surface area contributed by atoms with E-state index in [0.29, 0.717) is 25.8 Å². The van der Waals surface area contributed by atoms with Gasteiger partial charge in [-0.25, -0.2) is 17.8 Å². The number of thiazole rings is 1. The summed E-state index contributed by atoms with van der Waals surface area (Å²) in [7, 11) is -3.76. The number of nitrogens with one attached hydrogen (secondary N) is 1. The molecule has 2 heterocycles. The topological polar surface area (TPSA) is 79.4 Å². The molecule has 0 saturated carbocycles. The monoisotopic (exact) mass is 445 g/mol. The number of rotatable bonds is 6. The second kappa shape index (κ2) is 8.86. The molecule has 1 fully saturated rings. The quantitative estimate of drug-likeness (QED) is 0.741. The molecule has 6 nitrogen and oxygen atoms in total. The minimum absolute atomic E-state index is 0.0413. The van der Waals surface area contributed by atoms with Crippen LogP contribution in [0.2, 0.25) is 5.02 Å². The third-order valence-electron chi connectivity index (χ3n) is 4.70. The van der Waals surface area contributed by atoms with Crippen LogP contribution in [0.5, 0.6) is 0 Å². The van der Waals surface area contributed by atoms with E-state index in [9.17, 15) is 17.6 Å². The molecule has 0 unspecified atom stereocenters. The Morgan fingerprint density at radius 3 is 2.71 bits per heavy atom. The number of sulfonamides is 1. The van der Waals surface area contributed by atoms with E-state index in [2.05, 4.69) is 10.3 Å². The minimum atomic E-state index is -3.76. The summed E-state index contributed by atoms with van der Waals surface area (Å²) in [5.74, 6) is -0.946. The molecule has 1 aromatic carbocycles. The van der Waals surface area contributed by atoms with Gasteiger partial charge in [0.1, 0.15) is 5.82 Å². The molecule has 1 saturated heterocycles. The third-order valence-corrected chi connectivity index (χ3v) is 7.71. The van der Waals surface area contributed by atoms with E-state index in [-0.39, 0.29) is 34.8 Å². The molecule has 0 radical (unpaired) electrons. The Balaban J connectivity index is 1.51. The average molecular weight is 446 g/mol. The lowest BCUT2D eigenvalue weighted by molar-refractivity contribution is -0.126. The number of amides is 1. The zero-order chi connectivity index (χ0) is 20.3. The van der Waals surface area contributed by atoms with Gasteiger partial charge in [0.2, 0.25) is 15.9 Å². The zero-order valence-electron chi connectivity index (χ0n) is 15.3. The maximum Gasteiger partial charge on any atom is 0.243 e. The summed E-state index contributed by atoms with van der Waals surface area (Å²) >= 11 is 7.28. The standard InChI is InChI=1S/C18H21ClFN3O3S2/c1-12-22-14(11-27-12)4-7-21-18(24)13-5-8-23(9-6-13)28(25,26)15-2-3-17(20)16(19)10-15/h2-3,10-11,13H,4-9H2,1H3,(H,21,24). The molecule has 1 aliphatic rings. The Labute approximate surface area is 172 Å². The molecule has 1 aliphatic heterocycles. The highest BCUT2D eigenvalue weighted by Crippen LogP contribution is 2.26. The Morgan fingerprint density at radius 2 is 2.11 bits per heavy atom. The lowest BCUT2D eigenvalue weighted by Crippen LogP contribution is -2.43. The average Bonchev–Trinajstić information content (AvgIpc) is 3.09. The number of hydrogen-bond acceptors (Lipinski definition) is 5. The maximum absolute atomic E-state index is 13.3. The van der Waals surface area contributed by atoms with Crippen LogP contribution in [0, 0.1) is 18.7 Å². The molecule has 0 spiro atoms. The summed E-state index contributed by atoms with van der Waals surface area (Å²) in [4.78, 5) is 16.7. The summed E-state index contributed by atoms with van der Waals surface area (Å²) in [5.41, 5.74) is 0.960. The van der Waals surface area contributed by atoms with E-state index in [1.54, 1.807) is 11.3 Å². The largest absolute Gasteiger partial charge is 0.355 e. The molecule has 3 rings (SSSR count). The number of carbonyl (C=O) groups is 1. The third kappa shape index (κ3) is 4.89. The van der Waals surface area contributed by atoms with E-state index < -0.39 is 15.8 Å². The number of hydrogen-bond donors (Lipinski definition) is 1. The number of carbonyl (C=O) groups excluding carboxylic acids is 1. The molecule has 1 aromatic heterocycles. The fourth-order valence-corrected chi connectivity index (χ4v) is 5.51. The van der Waals surface area contributed by atoms with Crippen molar-refractivity contribution in [2.75, 3.05) is 19.6 Å². The van der Waals surface area contributed by atoms with Crippen molar-refractivity contribution in [2.24, 2.45) is 5.92 Å². The van der Waals surface area contributed by atoms with E-state index in [0.717, 1.165) is 22.8 Å². The lowest BCUT2D eigenvalue weighted by Gasteiger charge is -2.30. The van der Waals surface area contributed by atoms with Crippen LogP contribution in [0.15, 0.2) is 28.5 Å². The van der Waals surface area contributed by atoms with Gasteiger partial charge in [0.15, 0.2) is 0 Å². The first-order valence-electron chi connectivity index (χ1n) is 8.91. The van der Waals surface area contributed by atoms with Gasteiger partial charge in [-0.1, -0.05) is 11.6 Å². The van der Waals surface area contributed by atoms with Crippen LogP contribution in [-0.2, 0) is 21.2 Å². The van der Waals surface area contributed by atoms with Crippen molar-refractivity contribution in [1.82, 2.24) is 14.6 Å². The molecule has 0 bridgehead atoms.